The van der Waals surface area contributed by atoms with E-state index in [0.717, 1.165) is 26.7 Å². The number of benzene rings is 1. The van der Waals surface area contributed by atoms with E-state index in [1.807, 2.05) is 13.8 Å². The van der Waals surface area contributed by atoms with Crippen molar-refractivity contribution >= 4 is 33.2 Å². The molecule has 0 atom stereocenters. The van der Waals surface area contributed by atoms with Gasteiger partial charge in [-0.1, -0.05) is 11.6 Å². The van der Waals surface area contributed by atoms with Crippen molar-refractivity contribution in [3.63, 3.8) is 0 Å². The zero-order chi connectivity index (χ0) is 14.4. The predicted octanol–water partition coefficient (Wildman–Crippen LogP) is 4.91. The van der Waals surface area contributed by atoms with Crippen LogP contribution in [0.5, 0.6) is 0 Å². The van der Waals surface area contributed by atoms with Gasteiger partial charge in [-0.05, 0) is 31.5 Å². The summed E-state index contributed by atoms with van der Waals surface area (Å²) in [6, 6.07) is 3.19. The summed E-state index contributed by atoms with van der Waals surface area (Å²) in [4.78, 5) is 10.3. The van der Waals surface area contributed by atoms with E-state index in [4.69, 9.17) is 11.6 Å². The van der Waals surface area contributed by atoms with Crippen LogP contribution in [0.3, 0.4) is 0 Å². The van der Waals surface area contributed by atoms with Crippen LogP contribution in [-0.2, 0) is 0 Å². The van der Waals surface area contributed by atoms with Gasteiger partial charge in [-0.25, -0.2) is 18.7 Å². The van der Waals surface area contributed by atoms with E-state index in [1.165, 1.54) is 23.5 Å². The molecule has 2 aromatic heterocycles. The Morgan fingerprint density at radius 3 is 2.35 bits per heavy atom. The maximum absolute atomic E-state index is 13.3. The largest absolute Gasteiger partial charge is 0.217 e. The van der Waals surface area contributed by atoms with Gasteiger partial charge in [-0.3, -0.25) is 0 Å². The molecule has 3 rings (SSSR count). The average molecular weight is 311 g/mol. The topological polar surface area (TPSA) is 25.8 Å². The Hall–Kier alpha value is -1.59. The van der Waals surface area contributed by atoms with Gasteiger partial charge in [0.25, 0.3) is 0 Å². The Bertz CT molecular complexity index is 809. The number of fused-ring (bicyclic) bond motifs is 1. The van der Waals surface area contributed by atoms with Gasteiger partial charge in [0.2, 0.25) is 0 Å². The van der Waals surface area contributed by atoms with Crippen LogP contribution in [0, 0.1) is 25.5 Å². The van der Waals surface area contributed by atoms with E-state index in [2.05, 4.69) is 9.97 Å². The van der Waals surface area contributed by atoms with Gasteiger partial charge in [0.15, 0.2) is 5.82 Å². The lowest BCUT2D eigenvalue weighted by atomic mass is 10.2. The number of hydrogen-bond donors (Lipinski definition) is 0. The molecule has 0 aliphatic rings. The molecule has 1 aromatic carbocycles. The first-order chi connectivity index (χ1) is 9.45. The molecule has 0 N–H and O–H groups in total. The molecule has 0 saturated heterocycles. The van der Waals surface area contributed by atoms with Crippen LogP contribution in [0.25, 0.3) is 21.6 Å². The SMILES string of the molecule is Cc1sc2nc(-c3cc(F)cc(F)c3)nc(Cl)c2c1C. The molecular weight excluding hydrogens is 302 g/mol. The van der Waals surface area contributed by atoms with Gasteiger partial charge in [0.1, 0.15) is 21.6 Å². The minimum atomic E-state index is -0.668. The van der Waals surface area contributed by atoms with E-state index in [-0.39, 0.29) is 11.4 Å². The van der Waals surface area contributed by atoms with Crippen molar-refractivity contribution < 1.29 is 8.78 Å². The molecule has 0 saturated carbocycles. The lowest BCUT2D eigenvalue weighted by Crippen LogP contribution is -1.92. The highest BCUT2D eigenvalue weighted by atomic mass is 35.5. The van der Waals surface area contributed by atoms with Gasteiger partial charge in [0.05, 0.1) is 5.39 Å². The molecule has 0 aliphatic carbocycles. The van der Waals surface area contributed by atoms with Crippen LogP contribution >= 0.6 is 22.9 Å². The second kappa shape index (κ2) is 4.75. The third kappa shape index (κ3) is 2.17. The van der Waals surface area contributed by atoms with Gasteiger partial charge in [-0.15, -0.1) is 11.3 Å². The summed E-state index contributed by atoms with van der Waals surface area (Å²) in [6.07, 6.45) is 0. The predicted molar refractivity (Wildman–Crippen MR) is 77.3 cm³/mol. The van der Waals surface area contributed by atoms with E-state index in [9.17, 15) is 8.78 Å². The van der Waals surface area contributed by atoms with Crippen molar-refractivity contribution in [1.29, 1.82) is 0 Å². The van der Waals surface area contributed by atoms with Crippen molar-refractivity contribution in [3.05, 3.63) is 45.4 Å². The molecule has 0 fully saturated rings. The fourth-order valence-electron chi connectivity index (χ4n) is 2.01. The molecule has 2 nitrogen and oxygen atoms in total. The first-order valence-corrected chi connectivity index (χ1v) is 7.05. The molecule has 102 valence electrons. The molecule has 20 heavy (non-hydrogen) atoms. The van der Waals surface area contributed by atoms with Crippen molar-refractivity contribution in [2.45, 2.75) is 13.8 Å². The normalized spacial score (nSPS) is 11.2. The van der Waals surface area contributed by atoms with Crippen LogP contribution in [0.15, 0.2) is 18.2 Å². The maximum Gasteiger partial charge on any atom is 0.162 e. The maximum atomic E-state index is 13.3. The molecule has 0 aliphatic heterocycles. The Balaban J connectivity index is 2.27. The zero-order valence-corrected chi connectivity index (χ0v) is 12.2. The van der Waals surface area contributed by atoms with Crippen LogP contribution in [0.1, 0.15) is 10.4 Å². The monoisotopic (exact) mass is 310 g/mol. The standard InChI is InChI=1S/C14H9ClF2N2S/c1-6-7(2)20-14-11(6)12(15)18-13(19-14)8-3-9(16)5-10(17)4-8/h3-5H,1-2H3. The van der Waals surface area contributed by atoms with Crippen molar-refractivity contribution in [2.75, 3.05) is 0 Å². The first kappa shape index (κ1) is 13.4. The van der Waals surface area contributed by atoms with Gasteiger partial charge >= 0.3 is 0 Å². The Kier molecular flexibility index (Phi) is 3.18. The summed E-state index contributed by atoms with van der Waals surface area (Å²) >= 11 is 7.67. The third-order valence-electron chi connectivity index (χ3n) is 3.11. The molecule has 2 heterocycles. The average Bonchev–Trinajstić information content (AvgIpc) is 2.64. The molecule has 0 radical (unpaired) electrons. The lowest BCUT2D eigenvalue weighted by Gasteiger charge is -2.03. The molecule has 0 unspecified atom stereocenters. The number of nitrogens with zero attached hydrogens (tertiary/aromatic N) is 2. The fourth-order valence-corrected chi connectivity index (χ4v) is 3.41. The number of hydrogen-bond acceptors (Lipinski definition) is 3. The minimum Gasteiger partial charge on any atom is -0.217 e. The number of aromatic nitrogens is 2. The lowest BCUT2D eigenvalue weighted by molar-refractivity contribution is 0.584. The number of rotatable bonds is 1. The van der Waals surface area contributed by atoms with Gasteiger partial charge < -0.3 is 0 Å². The first-order valence-electron chi connectivity index (χ1n) is 5.85. The van der Waals surface area contributed by atoms with Crippen molar-refractivity contribution in [1.82, 2.24) is 9.97 Å². The quantitative estimate of drug-likeness (QED) is 0.597. The Morgan fingerprint density at radius 2 is 1.70 bits per heavy atom. The second-order valence-electron chi connectivity index (χ2n) is 4.46. The van der Waals surface area contributed by atoms with Crippen LogP contribution in [0.4, 0.5) is 8.78 Å². The van der Waals surface area contributed by atoms with E-state index in [1.54, 1.807) is 0 Å². The molecular formula is C14H9ClF2N2S. The summed E-state index contributed by atoms with van der Waals surface area (Å²) in [7, 11) is 0. The minimum absolute atomic E-state index is 0.224. The third-order valence-corrected chi connectivity index (χ3v) is 4.48. The number of thiophene rings is 1. The number of halogens is 3. The van der Waals surface area contributed by atoms with Crippen LogP contribution in [-0.4, -0.2) is 9.97 Å². The van der Waals surface area contributed by atoms with Crippen molar-refractivity contribution in [2.24, 2.45) is 0 Å². The smallest absolute Gasteiger partial charge is 0.162 e. The summed E-state index contributed by atoms with van der Waals surface area (Å²) < 4.78 is 26.5. The molecule has 0 bridgehead atoms. The Labute approximate surface area is 123 Å². The highest BCUT2D eigenvalue weighted by Crippen LogP contribution is 2.34. The summed E-state index contributed by atoms with van der Waals surface area (Å²) in [5.74, 6) is -1.11. The van der Waals surface area contributed by atoms with E-state index in [0.29, 0.717) is 5.15 Å². The summed E-state index contributed by atoms with van der Waals surface area (Å²) in [5.41, 5.74) is 1.31. The second-order valence-corrected chi connectivity index (χ2v) is 6.02. The molecule has 0 spiro atoms. The highest BCUT2D eigenvalue weighted by molar-refractivity contribution is 7.18. The summed E-state index contributed by atoms with van der Waals surface area (Å²) in [5, 5.41) is 1.10. The zero-order valence-electron chi connectivity index (χ0n) is 10.7. The molecule has 6 heteroatoms. The summed E-state index contributed by atoms with van der Waals surface area (Å²) in [6.45, 7) is 3.92. The highest BCUT2D eigenvalue weighted by Gasteiger charge is 2.15. The van der Waals surface area contributed by atoms with Gasteiger partial charge in [-0.2, -0.15) is 0 Å². The van der Waals surface area contributed by atoms with Crippen LogP contribution < -0.4 is 0 Å². The van der Waals surface area contributed by atoms with Gasteiger partial charge in [0, 0.05) is 16.5 Å². The molecule has 0 amide bonds. The number of aryl methyl sites for hydroxylation is 2. The Morgan fingerprint density at radius 1 is 1.05 bits per heavy atom. The van der Waals surface area contributed by atoms with E-state index >= 15 is 0 Å². The molecule has 3 aromatic rings. The fraction of sp³-hybridized carbons (Fsp3) is 0.143. The van der Waals surface area contributed by atoms with E-state index < -0.39 is 11.6 Å². The van der Waals surface area contributed by atoms with Crippen LogP contribution in [0.2, 0.25) is 5.15 Å². The van der Waals surface area contributed by atoms with Crippen molar-refractivity contribution in [3.8, 4) is 11.4 Å².